The Morgan fingerprint density at radius 1 is 0.600 bits per heavy atom. The van der Waals surface area contributed by atoms with Crippen LogP contribution < -0.4 is 17.7 Å². The summed E-state index contributed by atoms with van der Waals surface area (Å²) in [7, 11) is -0.907. The molecule has 0 bridgehead atoms. The monoisotopic (exact) mass is 596 g/mol. The first kappa shape index (κ1) is 39.6. The number of hydrogen-bond acceptors (Lipinski definition) is 2. The molecule has 0 saturated carbocycles. The van der Waals surface area contributed by atoms with Crippen molar-refractivity contribution in [2.24, 2.45) is 0 Å². The van der Waals surface area contributed by atoms with Crippen LogP contribution in [0.25, 0.3) is 6.08 Å². The predicted octanol–water partition coefficient (Wildman–Crippen LogP) is 8.44. The van der Waals surface area contributed by atoms with Crippen molar-refractivity contribution in [3.8, 4) is 0 Å². The van der Waals surface area contributed by atoms with E-state index in [1.54, 1.807) is 0 Å². The van der Waals surface area contributed by atoms with Crippen molar-refractivity contribution in [1.82, 2.24) is 0 Å². The van der Waals surface area contributed by atoms with Crippen molar-refractivity contribution >= 4 is 18.6 Å². The van der Waals surface area contributed by atoms with Crippen LogP contribution in [-0.2, 0) is 9.47 Å². The largest absolute Gasteiger partial charge is 1.00 e. The molecule has 1 aromatic carbocycles. The van der Waals surface area contributed by atoms with E-state index in [2.05, 4.69) is 70.3 Å². The Kier molecular flexibility index (Phi) is 27.2. The van der Waals surface area contributed by atoms with Gasteiger partial charge in [-0.05, 0) is 56.2 Å². The molecule has 0 N–H and O–H groups in total. The summed E-state index contributed by atoms with van der Waals surface area (Å²) >= 11 is 0. The lowest BCUT2D eigenvalue weighted by molar-refractivity contribution is -0.148. The molecule has 1 rings (SSSR count). The molecule has 0 atom stereocenters. The third-order valence-corrected chi connectivity index (χ3v) is 9.49. The molecule has 234 valence electrons. The van der Waals surface area contributed by atoms with E-state index in [1.165, 1.54) is 133 Å². The maximum absolute atomic E-state index is 6.20. The Morgan fingerprint density at radius 2 is 1.05 bits per heavy atom. The smallest absolute Gasteiger partial charge is 0.157 e. The fourth-order valence-electron chi connectivity index (χ4n) is 4.94. The van der Waals surface area contributed by atoms with Crippen molar-refractivity contribution in [1.29, 1.82) is 0 Å². The zero-order valence-corrected chi connectivity index (χ0v) is 28.9. The molecule has 0 saturated heterocycles. The number of hydrogen-bond donors (Lipinski definition) is 0. The second-order valence-corrected chi connectivity index (χ2v) is 17.0. The van der Waals surface area contributed by atoms with Gasteiger partial charge < -0.3 is 21.9 Å². The van der Waals surface area contributed by atoms with E-state index in [4.69, 9.17) is 9.47 Å². The second kappa shape index (κ2) is 27.4. The predicted molar refractivity (Wildman–Crippen MR) is 179 cm³/mol. The fourth-order valence-corrected chi connectivity index (χ4v) is 5.98. The average Bonchev–Trinajstić information content (AvgIpc) is 2.92. The van der Waals surface area contributed by atoms with Gasteiger partial charge in [-0.25, -0.2) is 0 Å². The molecule has 0 aromatic heterocycles. The van der Waals surface area contributed by atoms with Crippen molar-refractivity contribution in [2.45, 2.75) is 149 Å². The highest BCUT2D eigenvalue weighted by atomic mass is 35.5. The summed E-state index contributed by atoms with van der Waals surface area (Å²) < 4.78 is 12.4. The van der Waals surface area contributed by atoms with Gasteiger partial charge >= 0.3 is 0 Å². The van der Waals surface area contributed by atoms with Gasteiger partial charge in [0.2, 0.25) is 0 Å². The van der Waals surface area contributed by atoms with Crippen molar-refractivity contribution in [3.05, 3.63) is 35.9 Å². The maximum atomic E-state index is 6.20. The van der Waals surface area contributed by atoms with Gasteiger partial charge in [0.15, 0.2) is 6.29 Å². The topological polar surface area (TPSA) is 18.5 Å². The molecule has 0 aliphatic rings. The molecule has 0 aliphatic heterocycles. The number of unbranched alkanes of at least 4 members (excludes halogenated alkanes) is 16. The van der Waals surface area contributed by atoms with E-state index in [9.17, 15) is 0 Å². The molecule has 0 spiro atoms. The maximum Gasteiger partial charge on any atom is 0.157 e. The van der Waals surface area contributed by atoms with Crippen LogP contribution in [0.3, 0.4) is 0 Å². The normalized spacial score (nSPS) is 11.9. The molecule has 0 unspecified atom stereocenters. The van der Waals surface area contributed by atoms with Crippen LogP contribution >= 0.6 is 7.26 Å². The Hall–Kier alpha value is -0.400. The van der Waals surface area contributed by atoms with E-state index in [0.29, 0.717) is 0 Å². The van der Waals surface area contributed by atoms with E-state index in [-0.39, 0.29) is 18.7 Å². The van der Waals surface area contributed by atoms with E-state index >= 15 is 0 Å². The minimum Gasteiger partial charge on any atom is -1.00 e. The van der Waals surface area contributed by atoms with Gasteiger partial charge in [0.05, 0.1) is 25.3 Å². The van der Waals surface area contributed by atoms with Gasteiger partial charge in [-0.1, -0.05) is 128 Å². The van der Waals surface area contributed by atoms with Gasteiger partial charge in [0.1, 0.15) is 0 Å². The van der Waals surface area contributed by atoms with Crippen molar-refractivity contribution in [3.63, 3.8) is 0 Å². The zero-order valence-electron chi connectivity index (χ0n) is 27.2. The first-order chi connectivity index (χ1) is 19.0. The number of ether oxygens (including phenoxy) is 2. The van der Waals surface area contributed by atoms with Crippen molar-refractivity contribution < 1.29 is 21.9 Å². The lowest BCUT2D eigenvalue weighted by atomic mass is 10.1. The van der Waals surface area contributed by atoms with Crippen LogP contribution in [-0.4, -0.2) is 39.5 Å². The highest BCUT2D eigenvalue weighted by Crippen LogP contribution is 2.44. The number of benzene rings is 1. The highest BCUT2D eigenvalue weighted by Gasteiger charge is 2.20. The number of rotatable bonds is 27. The van der Waals surface area contributed by atoms with Crippen LogP contribution in [0.2, 0.25) is 0 Å². The number of halogens is 1. The molecule has 0 fully saturated rings. The SMILES string of the molecule is CCCCCCCCOC(CCCCCCCCC=Cc1ccc([P+](C)(C)C)cc1)OCCCCCCCC.[Cl-]. The summed E-state index contributed by atoms with van der Waals surface area (Å²) in [6, 6.07) is 9.19. The summed E-state index contributed by atoms with van der Waals surface area (Å²) in [6.45, 7) is 13.4. The summed E-state index contributed by atoms with van der Waals surface area (Å²) in [5.41, 5.74) is 1.33. The van der Waals surface area contributed by atoms with Crippen LogP contribution in [0.5, 0.6) is 0 Å². The third kappa shape index (κ3) is 23.2. The van der Waals surface area contributed by atoms with Gasteiger partial charge in [-0.15, -0.1) is 0 Å². The Labute approximate surface area is 257 Å². The van der Waals surface area contributed by atoms with Crippen molar-refractivity contribution in [2.75, 3.05) is 33.2 Å². The fraction of sp³-hybridized carbons (Fsp3) is 0.778. The summed E-state index contributed by atoms with van der Waals surface area (Å²) in [5.74, 6) is 0. The summed E-state index contributed by atoms with van der Waals surface area (Å²) in [6.07, 6.45) is 30.5. The van der Waals surface area contributed by atoms with E-state index in [1.807, 2.05) is 0 Å². The average molecular weight is 597 g/mol. The zero-order chi connectivity index (χ0) is 28.4. The first-order valence-corrected chi connectivity index (χ1v) is 19.9. The van der Waals surface area contributed by atoms with Crippen LogP contribution in [0.15, 0.2) is 30.3 Å². The Bertz CT molecular complexity index is 665. The van der Waals surface area contributed by atoms with Crippen LogP contribution in [0.1, 0.15) is 148 Å². The third-order valence-electron chi connectivity index (χ3n) is 7.64. The van der Waals surface area contributed by atoms with E-state index < -0.39 is 7.26 Å². The molecular weight excluding hydrogens is 531 g/mol. The van der Waals surface area contributed by atoms with Gasteiger partial charge in [0, 0.05) is 20.5 Å². The van der Waals surface area contributed by atoms with E-state index in [0.717, 1.165) is 19.6 Å². The second-order valence-electron chi connectivity index (χ2n) is 12.4. The Balaban J connectivity index is 0.0000152. The Morgan fingerprint density at radius 3 is 1.55 bits per heavy atom. The molecule has 2 nitrogen and oxygen atoms in total. The van der Waals surface area contributed by atoms with Gasteiger partial charge in [-0.3, -0.25) is 0 Å². The first-order valence-electron chi connectivity index (χ1n) is 16.8. The molecule has 0 heterocycles. The minimum atomic E-state index is -0.907. The standard InChI is InChI=1S/C36H66O2P.ClH/c1-6-8-10-12-20-24-32-37-36(38-33-25-21-13-11-9-7-2)27-23-19-17-15-14-16-18-22-26-34-28-30-35(31-29-34)39(3,4)5;/h22,26,28-31,36H,6-21,23-25,27,32-33H2,1-5H3;1H/q+1;/p-1. The molecule has 0 amide bonds. The molecule has 1 aromatic rings. The molecule has 0 radical (unpaired) electrons. The van der Waals surface area contributed by atoms with Crippen LogP contribution in [0, 0.1) is 0 Å². The summed E-state index contributed by atoms with van der Waals surface area (Å²) in [5, 5.41) is 1.51. The quantitative estimate of drug-likeness (QED) is 0.0576. The lowest BCUT2D eigenvalue weighted by Gasteiger charge is -2.19. The minimum absolute atomic E-state index is 0. The summed E-state index contributed by atoms with van der Waals surface area (Å²) in [4.78, 5) is 0. The lowest BCUT2D eigenvalue weighted by Crippen LogP contribution is -3.00. The van der Waals surface area contributed by atoms with Gasteiger partial charge in [0.25, 0.3) is 0 Å². The highest BCUT2D eigenvalue weighted by molar-refractivity contribution is 7.80. The van der Waals surface area contributed by atoms with Crippen LogP contribution in [0.4, 0.5) is 0 Å². The van der Waals surface area contributed by atoms with Gasteiger partial charge in [-0.2, -0.15) is 0 Å². The molecular formula is C36H66ClO2P. The molecule has 0 aliphatic carbocycles. The molecule has 4 heteroatoms. The molecule has 40 heavy (non-hydrogen) atoms. The number of allylic oxidation sites excluding steroid dienone is 1.